The van der Waals surface area contributed by atoms with Crippen molar-refractivity contribution in [3.63, 3.8) is 0 Å². The van der Waals surface area contributed by atoms with Crippen molar-refractivity contribution in [3.8, 4) is 11.1 Å². The number of thioether (sulfide) groups is 1. The van der Waals surface area contributed by atoms with Gasteiger partial charge in [0.1, 0.15) is 16.6 Å². The highest BCUT2D eigenvalue weighted by atomic mass is 32.2. The SMILES string of the molecule is CSCC[C@H](NC(=O)c1ccc(C=C(Cn2ccnc2C)c2nccs2)cc1-c1ccc(F)cc1)C(=O)C1CCCCC1. The third-order valence-corrected chi connectivity index (χ3v) is 9.52. The van der Waals surface area contributed by atoms with Crippen molar-refractivity contribution >= 4 is 46.4 Å². The van der Waals surface area contributed by atoms with E-state index >= 15 is 0 Å². The first kappa shape index (κ1) is 30.9. The molecule has 1 fully saturated rings. The quantitative estimate of drug-likeness (QED) is 0.177. The van der Waals surface area contributed by atoms with Gasteiger partial charge in [0.15, 0.2) is 5.78 Å². The number of halogens is 1. The van der Waals surface area contributed by atoms with Crippen LogP contribution in [-0.4, -0.2) is 44.3 Å². The molecule has 1 amide bonds. The molecule has 1 saturated carbocycles. The number of nitrogens with zero attached hydrogens (tertiary/aromatic N) is 3. The molecular formula is C34H37FN4O2S2. The van der Waals surface area contributed by atoms with E-state index in [2.05, 4.69) is 25.9 Å². The molecule has 43 heavy (non-hydrogen) atoms. The highest BCUT2D eigenvalue weighted by Gasteiger charge is 2.30. The average molecular weight is 617 g/mol. The van der Waals surface area contributed by atoms with E-state index < -0.39 is 6.04 Å². The molecular weight excluding hydrogens is 580 g/mol. The Kier molecular flexibility index (Phi) is 10.6. The van der Waals surface area contributed by atoms with Crippen LogP contribution in [0.5, 0.6) is 0 Å². The van der Waals surface area contributed by atoms with Crippen LogP contribution in [0.3, 0.4) is 0 Å². The number of rotatable bonds is 12. The number of carbonyl (C=O) groups excluding carboxylic acids is 2. The molecule has 0 saturated heterocycles. The zero-order valence-electron chi connectivity index (χ0n) is 24.6. The minimum absolute atomic E-state index is 0.00778. The first-order chi connectivity index (χ1) is 20.9. The number of Topliss-reactive ketones (excluding diaryl/α,β-unsaturated/α-hetero) is 1. The maximum Gasteiger partial charge on any atom is 0.252 e. The summed E-state index contributed by atoms with van der Waals surface area (Å²) in [6.45, 7) is 2.55. The number of thiazole rings is 1. The van der Waals surface area contributed by atoms with E-state index in [9.17, 15) is 14.0 Å². The lowest BCUT2D eigenvalue weighted by Crippen LogP contribution is -2.44. The largest absolute Gasteiger partial charge is 0.342 e. The molecule has 1 aliphatic carbocycles. The monoisotopic (exact) mass is 616 g/mol. The van der Waals surface area contributed by atoms with Crippen molar-refractivity contribution < 1.29 is 14.0 Å². The van der Waals surface area contributed by atoms with Crippen molar-refractivity contribution in [1.29, 1.82) is 0 Å². The van der Waals surface area contributed by atoms with Gasteiger partial charge in [0, 0.05) is 41.0 Å². The Morgan fingerprint density at radius 1 is 1.12 bits per heavy atom. The minimum atomic E-state index is -0.529. The zero-order chi connectivity index (χ0) is 30.2. The lowest BCUT2D eigenvalue weighted by molar-refractivity contribution is -0.125. The molecule has 0 radical (unpaired) electrons. The summed E-state index contributed by atoms with van der Waals surface area (Å²) in [6, 6.07) is 11.3. The fourth-order valence-electron chi connectivity index (χ4n) is 5.66. The molecule has 0 bridgehead atoms. The standard InChI is InChI=1S/C34H37FN4O2S2/c1-23-36-15-17-39(23)22-27(34-37-16-19-43-34)20-24-8-13-29(30(21-24)25-9-11-28(35)12-10-25)33(41)38-31(14-18-42-2)32(40)26-6-4-3-5-7-26/h8-13,15-17,19-21,26,31H,3-7,14,18,22H2,1-2H3,(H,38,41)/t31-/m0/s1. The number of nitrogens with one attached hydrogen (secondary N) is 1. The number of ketones is 1. The topological polar surface area (TPSA) is 76.9 Å². The number of aryl methyl sites for hydroxylation is 1. The molecule has 5 rings (SSSR count). The molecule has 0 unspecified atom stereocenters. The Labute approximate surface area is 260 Å². The van der Waals surface area contributed by atoms with Gasteiger partial charge in [-0.25, -0.2) is 14.4 Å². The van der Waals surface area contributed by atoms with Crippen molar-refractivity contribution in [2.24, 2.45) is 5.92 Å². The Balaban J connectivity index is 1.49. The molecule has 0 aliphatic heterocycles. The van der Waals surface area contributed by atoms with E-state index in [0.717, 1.165) is 59.0 Å². The molecule has 4 aromatic rings. The predicted octanol–water partition coefficient (Wildman–Crippen LogP) is 7.70. The molecule has 2 heterocycles. The molecule has 1 atom stereocenters. The van der Waals surface area contributed by atoms with Crippen molar-refractivity contribution in [3.05, 3.63) is 94.2 Å². The third kappa shape index (κ3) is 7.89. The van der Waals surface area contributed by atoms with Crippen LogP contribution in [0.25, 0.3) is 22.8 Å². The second-order valence-corrected chi connectivity index (χ2v) is 12.8. The van der Waals surface area contributed by atoms with Crippen LogP contribution in [0.4, 0.5) is 4.39 Å². The van der Waals surface area contributed by atoms with Gasteiger partial charge in [0.2, 0.25) is 0 Å². The number of hydrogen-bond acceptors (Lipinski definition) is 6. The van der Waals surface area contributed by atoms with Gasteiger partial charge < -0.3 is 9.88 Å². The molecule has 9 heteroatoms. The number of hydrogen-bond donors (Lipinski definition) is 1. The molecule has 1 N–H and O–H groups in total. The second kappa shape index (κ2) is 14.8. The van der Waals surface area contributed by atoms with Gasteiger partial charge in [-0.05, 0) is 85.2 Å². The van der Waals surface area contributed by atoms with Crippen LogP contribution in [0.15, 0.2) is 66.4 Å². The third-order valence-electron chi connectivity index (χ3n) is 8.02. The van der Waals surface area contributed by atoms with Crippen molar-refractivity contribution in [2.45, 2.75) is 58.0 Å². The summed E-state index contributed by atoms with van der Waals surface area (Å²) in [4.78, 5) is 36.3. The molecule has 6 nitrogen and oxygen atoms in total. The van der Waals surface area contributed by atoms with E-state index in [1.165, 1.54) is 18.6 Å². The fourth-order valence-corrected chi connectivity index (χ4v) is 6.78. The zero-order valence-corrected chi connectivity index (χ0v) is 26.2. The Morgan fingerprint density at radius 3 is 2.58 bits per heavy atom. The molecule has 224 valence electrons. The van der Waals surface area contributed by atoms with Crippen LogP contribution in [-0.2, 0) is 11.3 Å². The van der Waals surface area contributed by atoms with Crippen molar-refractivity contribution in [1.82, 2.24) is 19.9 Å². The summed E-state index contributed by atoms with van der Waals surface area (Å²) >= 11 is 3.23. The van der Waals surface area contributed by atoms with Crippen LogP contribution >= 0.6 is 23.1 Å². The smallest absolute Gasteiger partial charge is 0.252 e. The van der Waals surface area contributed by atoms with Gasteiger partial charge in [-0.1, -0.05) is 37.5 Å². The normalized spacial score (nSPS) is 14.9. The summed E-state index contributed by atoms with van der Waals surface area (Å²) < 4.78 is 16.0. The van der Waals surface area contributed by atoms with Gasteiger partial charge in [0.25, 0.3) is 5.91 Å². The summed E-state index contributed by atoms with van der Waals surface area (Å²) in [6.07, 6.45) is 15.3. The Morgan fingerprint density at radius 2 is 1.91 bits per heavy atom. The fraction of sp³-hybridized carbons (Fsp3) is 0.353. The summed E-state index contributed by atoms with van der Waals surface area (Å²) in [7, 11) is 0. The van der Waals surface area contributed by atoms with Gasteiger partial charge in [-0.2, -0.15) is 11.8 Å². The minimum Gasteiger partial charge on any atom is -0.342 e. The van der Waals surface area contributed by atoms with E-state index in [0.29, 0.717) is 24.1 Å². The maximum absolute atomic E-state index is 13.9. The summed E-state index contributed by atoms with van der Waals surface area (Å²) in [5, 5.41) is 5.94. The summed E-state index contributed by atoms with van der Waals surface area (Å²) in [5.41, 5.74) is 3.75. The lowest BCUT2D eigenvalue weighted by atomic mass is 9.83. The number of allylic oxidation sites excluding steroid dienone is 1. The predicted molar refractivity (Wildman–Crippen MR) is 175 cm³/mol. The van der Waals surface area contributed by atoms with E-state index in [4.69, 9.17) is 0 Å². The lowest BCUT2D eigenvalue weighted by Gasteiger charge is -2.26. The number of aromatic nitrogens is 3. The van der Waals surface area contributed by atoms with E-state index in [1.807, 2.05) is 36.9 Å². The number of imidazole rings is 1. The summed E-state index contributed by atoms with van der Waals surface area (Å²) in [5.74, 6) is 1.21. The number of amides is 1. The van der Waals surface area contributed by atoms with Gasteiger partial charge >= 0.3 is 0 Å². The molecule has 2 aromatic carbocycles. The molecule has 1 aliphatic rings. The number of carbonyl (C=O) groups is 2. The highest BCUT2D eigenvalue weighted by molar-refractivity contribution is 7.98. The molecule has 2 aromatic heterocycles. The van der Waals surface area contributed by atoms with Crippen LogP contribution < -0.4 is 5.32 Å². The second-order valence-electron chi connectivity index (χ2n) is 11.0. The van der Waals surface area contributed by atoms with Crippen molar-refractivity contribution in [2.75, 3.05) is 12.0 Å². The maximum atomic E-state index is 13.9. The highest BCUT2D eigenvalue weighted by Crippen LogP contribution is 2.30. The van der Waals surface area contributed by atoms with Crippen LogP contribution in [0.2, 0.25) is 0 Å². The first-order valence-electron chi connectivity index (χ1n) is 14.7. The first-order valence-corrected chi connectivity index (χ1v) is 17.0. The Bertz CT molecular complexity index is 1560. The Hall–Kier alpha value is -3.56. The molecule has 0 spiro atoms. The van der Waals surface area contributed by atoms with E-state index in [1.54, 1.807) is 53.7 Å². The van der Waals surface area contributed by atoms with Gasteiger partial charge in [-0.15, -0.1) is 11.3 Å². The van der Waals surface area contributed by atoms with E-state index in [-0.39, 0.29) is 23.4 Å². The van der Waals surface area contributed by atoms with Crippen LogP contribution in [0.1, 0.15) is 65.3 Å². The van der Waals surface area contributed by atoms with Crippen LogP contribution in [0, 0.1) is 18.7 Å². The number of benzene rings is 2. The average Bonchev–Trinajstić information content (AvgIpc) is 3.71. The van der Waals surface area contributed by atoms with Gasteiger partial charge in [-0.3, -0.25) is 9.59 Å². The van der Waals surface area contributed by atoms with Gasteiger partial charge in [0.05, 0.1) is 12.6 Å².